The maximum atomic E-state index is 8.71. The molecule has 0 amide bonds. The SMILES string of the molecule is Cn1cnc2nc(Cl)nc(NCCCO)c21. The van der Waals surface area contributed by atoms with Crippen LogP contribution in [0.15, 0.2) is 6.33 Å². The molecule has 0 radical (unpaired) electrons. The predicted molar refractivity (Wildman–Crippen MR) is 61.5 cm³/mol. The number of aromatic nitrogens is 4. The van der Waals surface area contributed by atoms with Gasteiger partial charge in [0.1, 0.15) is 5.52 Å². The van der Waals surface area contributed by atoms with E-state index in [9.17, 15) is 0 Å². The van der Waals surface area contributed by atoms with E-state index in [-0.39, 0.29) is 11.9 Å². The predicted octanol–water partition coefficient (Wildman–Crippen LogP) is 0.811. The lowest BCUT2D eigenvalue weighted by atomic mass is 10.4. The number of hydrogen-bond acceptors (Lipinski definition) is 5. The number of halogens is 1. The van der Waals surface area contributed by atoms with Crippen molar-refractivity contribution in [2.24, 2.45) is 7.05 Å². The van der Waals surface area contributed by atoms with Gasteiger partial charge in [0, 0.05) is 20.2 Å². The summed E-state index contributed by atoms with van der Waals surface area (Å²) < 4.78 is 1.83. The van der Waals surface area contributed by atoms with Crippen LogP contribution in [0.4, 0.5) is 5.82 Å². The Morgan fingerprint density at radius 1 is 1.50 bits per heavy atom. The first kappa shape index (κ1) is 11.1. The molecular formula is C9H12ClN5O. The molecule has 0 saturated carbocycles. The third-order valence-electron chi connectivity index (χ3n) is 2.17. The Morgan fingerprint density at radius 2 is 2.31 bits per heavy atom. The zero-order chi connectivity index (χ0) is 11.5. The highest BCUT2D eigenvalue weighted by molar-refractivity contribution is 6.28. The van der Waals surface area contributed by atoms with Gasteiger partial charge < -0.3 is 15.0 Å². The Morgan fingerprint density at radius 3 is 3.06 bits per heavy atom. The van der Waals surface area contributed by atoms with E-state index in [2.05, 4.69) is 20.3 Å². The van der Waals surface area contributed by atoms with E-state index in [1.165, 1.54) is 0 Å². The second-order valence-electron chi connectivity index (χ2n) is 3.37. The number of nitrogens with one attached hydrogen (secondary N) is 1. The van der Waals surface area contributed by atoms with Crippen LogP contribution in [0.5, 0.6) is 0 Å². The number of anilines is 1. The van der Waals surface area contributed by atoms with E-state index in [1.54, 1.807) is 6.33 Å². The molecule has 0 aliphatic carbocycles. The topological polar surface area (TPSA) is 75.9 Å². The first-order valence-electron chi connectivity index (χ1n) is 4.91. The molecule has 2 rings (SSSR count). The van der Waals surface area contributed by atoms with Gasteiger partial charge >= 0.3 is 0 Å². The van der Waals surface area contributed by atoms with Gasteiger partial charge in [-0.3, -0.25) is 0 Å². The fourth-order valence-electron chi connectivity index (χ4n) is 1.44. The highest BCUT2D eigenvalue weighted by atomic mass is 35.5. The number of imidazole rings is 1. The van der Waals surface area contributed by atoms with Gasteiger partial charge in [-0.1, -0.05) is 0 Å². The summed E-state index contributed by atoms with van der Waals surface area (Å²) in [6.07, 6.45) is 2.31. The molecule has 0 saturated heterocycles. The maximum Gasteiger partial charge on any atom is 0.226 e. The molecule has 0 spiro atoms. The van der Waals surface area contributed by atoms with Gasteiger partial charge in [0.05, 0.1) is 6.33 Å². The van der Waals surface area contributed by atoms with Crippen LogP contribution in [0.1, 0.15) is 6.42 Å². The summed E-state index contributed by atoms with van der Waals surface area (Å²) >= 11 is 5.79. The lowest BCUT2D eigenvalue weighted by Crippen LogP contribution is -2.07. The normalized spacial score (nSPS) is 10.9. The van der Waals surface area contributed by atoms with Crippen LogP contribution in [0, 0.1) is 0 Å². The Hall–Kier alpha value is -1.40. The molecule has 0 aliphatic heterocycles. The lowest BCUT2D eigenvalue weighted by molar-refractivity contribution is 0.292. The molecule has 0 aliphatic rings. The Balaban J connectivity index is 2.37. The van der Waals surface area contributed by atoms with Crippen LogP contribution in [0.2, 0.25) is 5.28 Å². The first-order chi connectivity index (χ1) is 7.72. The number of rotatable bonds is 4. The second kappa shape index (κ2) is 4.63. The van der Waals surface area contributed by atoms with E-state index in [1.807, 2.05) is 11.6 Å². The maximum absolute atomic E-state index is 8.71. The average molecular weight is 242 g/mol. The van der Waals surface area contributed by atoms with Crippen molar-refractivity contribution in [1.29, 1.82) is 0 Å². The summed E-state index contributed by atoms with van der Waals surface area (Å²) in [6.45, 7) is 0.768. The number of fused-ring (bicyclic) bond motifs is 1. The molecule has 0 aromatic carbocycles. The zero-order valence-electron chi connectivity index (χ0n) is 8.81. The number of nitrogens with zero attached hydrogens (tertiary/aromatic N) is 4. The summed E-state index contributed by atoms with van der Waals surface area (Å²) in [5.74, 6) is 0.642. The molecule has 0 bridgehead atoms. The standard InChI is InChI=1S/C9H12ClN5O/c1-15-5-12-8-6(15)7(11-3-2-4-16)13-9(10)14-8/h5,16H,2-4H2,1H3,(H,11,13,14). The molecule has 0 atom stereocenters. The third kappa shape index (κ3) is 2.07. The molecule has 16 heavy (non-hydrogen) atoms. The molecule has 0 unspecified atom stereocenters. The van der Waals surface area contributed by atoms with Crippen LogP contribution in [-0.2, 0) is 7.05 Å². The minimum Gasteiger partial charge on any atom is -0.396 e. The number of aliphatic hydroxyl groups is 1. The van der Waals surface area contributed by atoms with Crippen molar-refractivity contribution in [3.63, 3.8) is 0 Å². The van der Waals surface area contributed by atoms with E-state index >= 15 is 0 Å². The van der Waals surface area contributed by atoms with Crippen molar-refractivity contribution in [3.8, 4) is 0 Å². The zero-order valence-corrected chi connectivity index (χ0v) is 9.57. The van der Waals surface area contributed by atoms with Crippen molar-refractivity contribution >= 4 is 28.6 Å². The highest BCUT2D eigenvalue weighted by Gasteiger charge is 2.10. The molecule has 2 aromatic rings. The van der Waals surface area contributed by atoms with Gasteiger partial charge in [-0.15, -0.1) is 0 Å². The van der Waals surface area contributed by atoms with Crippen LogP contribution >= 0.6 is 11.6 Å². The average Bonchev–Trinajstić information content (AvgIpc) is 2.60. The third-order valence-corrected chi connectivity index (χ3v) is 2.34. The van der Waals surface area contributed by atoms with E-state index in [0.717, 1.165) is 5.52 Å². The summed E-state index contributed by atoms with van der Waals surface area (Å²) in [7, 11) is 1.86. The lowest BCUT2D eigenvalue weighted by Gasteiger charge is -2.06. The van der Waals surface area contributed by atoms with Crippen LogP contribution in [-0.4, -0.2) is 37.8 Å². The molecule has 7 heteroatoms. The van der Waals surface area contributed by atoms with Gasteiger partial charge in [0.25, 0.3) is 0 Å². The number of hydrogen-bond donors (Lipinski definition) is 2. The van der Waals surface area contributed by atoms with Crippen LogP contribution in [0.3, 0.4) is 0 Å². The van der Waals surface area contributed by atoms with Crippen molar-refractivity contribution in [1.82, 2.24) is 19.5 Å². The Bertz CT molecular complexity index is 498. The Labute approximate surface area is 97.3 Å². The molecule has 86 valence electrons. The highest BCUT2D eigenvalue weighted by Crippen LogP contribution is 2.20. The van der Waals surface area contributed by atoms with Gasteiger partial charge in [0.2, 0.25) is 5.28 Å². The van der Waals surface area contributed by atoms with Crippen LogP contribution in [0.25, 0.3) is 11.2 Å². The largest absolute Gasteiger partial charge is 0.396 e. The fourth-order valence-corrected chi connectivity index (χ4v) is 1.60. The van der Waals surface area contributed by atoms with Crippen molar-refractivity contribution < 1.29 is 5.11 Å². The molecule has 0 fully saturated rings. The summed E-state index contributed by atoms with van der Waals surface area (Å²) in [5.41, 5.74) is 1.37. The van der Waals surface area contributed by atoms with Gasteiger partial charge in [0.15, 0.2) is 11.5 Å². The molecule has 2 heterocycles. The quantitative estimate of drug-likeness (QED) is 0.612. The molecule has 6 nitrogen and oxygen atoms in total. The monoisotopic (exact) mass is 241 g/mol. The summed E-state index contributed by atoms with van der Waals surface area (Å²) in [6, 6.07) is 0. The number of aliphatic hydroxyl groups excluding tert-OH is 1. The fraction of sp³-hybridized carbons (Fsp3) is 0.444. The summed E-state index contributed by atoms with van der Waals surface area (Å²) in [5, 5.41) is 12.0. The molecule has 2 aromatic heterocycles. The number of aryl methyl sites for hydroxylation is 1. The minimum atomic E-state index is 0.139. The van der Waals surface area contributed by atoms with E-state index in [0.29, 0.717) is 24.4 Å². The summed E-state index contributed by atoms with van der Waals surface area (Å²) in [4.78, 5) is 12.2. The van der Waals surface area contributed by atoms with Gasteiger partial charge in [-0.2, -0.15) is 9.97 Å². The Kier molecular flexibility index (Phi) is 3.21. The van der Waals surface area contributed by atoms with Crippen molar-refractivity contribution in [2.75, 3.05) is 18.5 Å². The smallest absolute Gasteiger partial charge is 0.226 e. The van der Waals surface area contributed by atoms with E-state index < -0.39 is 0 Å². The van der Waals surface area contributed by atoms with Crippen molar-refractivity contribution in [2.45, 2.75) is 6.42 Å². The van der Waals surface area contributed by atoms with Crippen LogP contribution < -0.4 is 5.32 Å². The second-order valence-corrected chi connectivity index (χ2v) is 3.71. The van der Waals surface area contributed by atoms with E-state index in [4.69, 9.17) is 16.7 Å². The van der Waals surface area contributed by atoms with Gasteiger partial charge in [-0.05, 0) is 18.0 Å². The minimum absolute atomic E-state index is 0.139. The van der Waals surface area contributed by atoms with Crippen molar-refractivity contribution in [3.05, 3.63) is 11.6 Å². The molecular weight excluding hydrogens is 230 g/mol. The van der Waals surface area contributed by atoms with Gasteiger partial charge in [-0.25, -0.2) is 4.98 Å². The molecule has 2 N–H and O–H groups in total. The first-order valence-corrected chi connectivity index (χ1v) is 5.29.